The van der Waals surface area contributed by atoms with Crippen LogP contribution in [-0.4, -0.2) is 57.8 Å². The molecule has 0 radical (unpaired) electrons. The third-order valence-electron chi connectivity index (χ3n) is 10.9. The van der Waals surface area contributed by atoms with Gasteiger partial charge in [-0.15, -0.1) is 0 Å². The average Bonchev–Trinajstić information content (AvgIpc) is 3.25. The minimum absolute atomic E-state index is 0.139. The van der Waals surface area contributed by atoms with Crippen LogP contribution in [0.15, 0.2) is 0 Å². The van der Waals surface area contributed by atoms with Crippen molar-refractivity contribution in [3.05, 3.63) is 0 Å². The lowest BCUT2D eigenvalue weighted by atomic mass is 9.60. The van der Waals surface area contributed by atoms with Crippen LogP contribution in [0.4, 0.5) is 0 Å². The predicted molar refractivity (Wildman–Crippen MR) is 165 cm³/mol. The van der Waals surface area contributed by atoms with E-state index in [1.807, 2.05) is 0 Å². The Hall–Kier alpha value is -0.240. The van der Waals surface area contributed by atoms with E-state index in [-0.39, 0.29) is 11.5 Å². The summed E-state index contributed by atoms with van der Waals surface area (Å²) in [4.78, 5) is 0. The minimum atomic E-state index is 0.139. The third kappa shape index (κ3) is 9.92. The molecule has 6 N–H and O–H groups in total. The van der Waals surface area contributed by atoms with Gasteiger partial charge in [-0.25, -0.2) is 0 Å². The van der Waals surface area contributed by atoms with E-state index < -0.39 is 0 Å². The topological polar surface area (TPSA) is 106 Å². The molecular formula is C33H67N3O3. The van der Waals surface area contributed by atoms with Crippen LogP contribution in [-0.2, 0) is 14.2 Å². The lowest BCUT2D eigenvalue weighted by Crippen LogP contribution is -2.47. The summed E-state index contributed by atoms with van der Waals surface area (Å²) >= 11 is 0. The summed E-state index contributed by atoms with van der Waals surface area (Å²) in [5.41, 5.74) is 17.8. The maximum atomic E-state index is 6.91. The minimum Gasteiger partial charge on any atom is -0.378 e. The Bertz CT molecular complexity index is 640. The van der Waals surface area contributed by atoms with E-state index in [2.05, 4.69) is 41.5 Å². The molecule has 0 aromatic carbocycles. The van der Waals surface area contributed by atoms with Gasteiger partial charge in [-0.05, 0) is 131 Å². The van der Waals surface area contributed by atoms with Crippen molar-refractivity contribution in [2.45, 2.75) is 137 Å². The van der Waals surface area contributed by atoms with Crippen molar-refractivity contribution in [1.82, 2.24) is 0 Å². The summed E-state index contributed by atoms with van der Waals surface area (Å²) < 4.78 is 19.4. The lowest BCUT2D eigenvalue weighted by molar-refractivity contribution is -0.111. The maximum absolute atomic E-state index is 6.91. The van der Waals surface area contributed by atoms with E-state index in [0.29, 0.717) is 60.9 Å². The molecule has 0 bridgehead atoms. The summed E-state index contributed by atoms with van der Waals surface area (Å²) in [6, 6.07) is 0. The van der Waals surface area contributed by atoms with Gasteiger partial charge in [-0.1, -0.05) is 41.5 Å². The van der Waals surface area contributed by atoms with Crippen LogP contribution in [0.1, 0.15) is 119 Å². The molecule has 3 unspecified atom stereocenters. The van der Waals surface area contributed by atoms with E-state index >= 15 is 0 Å². The molecule has 2 saturated carbocycles. The highest BCUT2D eigenvalue weighted by Gasteiger charge is 2.54. The number of ether oxygens (including phenoxy) is 3. The van der Waals surface area contributed by atoms with Crippen LogP contribution in [0.3, 0.4) is 0 Å². The second-order valence-corrected chi connectivity index (χ2v) is 13.8. The third-order valence-corrected chi connectivity index (χ3v) is 10.9. The van der Waals surface area contributed by atoms with Gasteiger partial charge in [0.2, 0.25) is 0 Å². The number of nitrogens with two attached hydrogens (primary N) is 3. The van der Waals surface area contributed by atoms with Crippen LogP contribution in [0, 0.1) is 34.5 Å². The highest BCUT2D eigenvalue weighted by atomic mass is 16.5. The molecule has 0 spiro atoms. The van der Waals surface area contributed by atoms with Crippen molar-refractivity contribution >= 4 is 0 Å². The van der Waals surface area contributed by atoms with Gasteiger partial charge in [-0.3, -0.25) is 0 Å². The van der Waals surface area contributed by atoms with E-state index in [1.54, 1.807) is 0 Å². The summed E-state index contributed by atoms with van der Waals surface area (Å²) in [6.07, 6.45) is 14.5. The molecule has 0 aromatic heterocycles. The maximum Gasteiger partial charge on any atom is 0.0636 e. The summed E-state index contributed by atoms with van der Waals surface area (Å²) in [7, 11) is 0. The molecule has 2 aliphatic carbocycles. The number of rotatable bonds is 20. The fraction of sp³-hybridized carbons (Fsp3) is 1.00. The molecule has 6 atom stereocenters. The van der Waals surface area contributed by atoms with Gasteiger partial charge in [0.25, 0.3) is 0 Å². The Balaban J connectivity index is 2.20. The fourth-order valence-corrected chi connectivity index (χ4v) is 7.89. The molecule has 0 aliphatic heterocycles. The van der Waals surface area contributed by atoms with Crippen molar-refractivity contribution in [3.8, 4) is 0 Å². The first kappa shape index (κ1) is 35.0. The highest BCUT2D eigenvalue weighted by Crippen LogP contribution is 2.58. The standard InChI is InChI=1S/C33H67N3O3/c1-7-28(37-20-8-17-34)24-27-11-12-30(25(2)3)33(27,6)31(39-22-10-19-36)23-26(4)32(5)15-13-29(14-16-32)38-21-9-18-35/h25-31H,7-24,34-36H2,1-6H3/t26?,27?,28-,29-,30-,31?,32+,33+/m1/s1. The summed E-state index contributed by atoms with van der Waals surface area (Å²) in [5.74, 6) is 2.52. The summed E-state index contributed by atoms with van der Waals surface area (Å²) in [6.45, 7) is 19.1. The second kappa shape index (κ2) is 17.7. The molecule has 6 nitrogen and oxygen atoms in total. The zero-order chi connectivity index (χ0) is 28.9. The first-order chi connectivity index (χ1) is 18.7. The monoisotopic (exact) mass is 554 g/mol. The van der Waals surface area contributed by atoms with Gasteiger partial charge in [0.05, 0.1) is 18.3 Å². The first-order valence-electron chi connectivity index (χ1n) is 16.6. The molecule has 0 aromatic rings. The van der Waals surface area contributed by atoms with Gasteiger partial charge in [0, 0.05) is 19.8 Å². The molecule has 232 valence electrons. The van der Waals surface area contributed by atoms with Gasteiger partial charge >= 0.3 is 0 Å². The molecular weight excluding hydrogens is 486 g/mol. The normalized spacial score (nSPS) is 32.0. The van der Waals surface area contributed by atoms with Crippen molar-refractivity contribution < 1.29 is 14.2 Å². The fourth-order valence-electron chi connectivity index (χ4n) is 7.89. The number of hydrogen-bond acceptors (Lipinski definition) is 6. The molecule has 2 fully saturated rings. The molecule has 39 heavy (non-hydrogen) atoms. The van der Waals surface area contributed by atoms with Gasteiger partial charge in [0.1, 0.15) is 0 Å². The summed E-state index contributed by atoms with van der Waals surface area (Å²) in [5, 5.41) is 0. The van der Waals surface area contributed by atoms with Crippen molar-refractivity contribution in [3.63, 3.8) is 0 Å². The van der Waals surface area contributed by atoms with Crippen LogP contribution >= 0.6 is 0 Å². The first-order valence-corrected chi connectivity index (χ1v) is 16.6. The second-order valence-electron chi connectivity index (χ2n) is 13.8. The van der Waals surface area contributed by atoms with E-state index in [0.717, 1.165) is 71.2 Å². The Morgan fingerprint density at radius 1 is 0.795 bits per heavy atom. The molecule has 0 saturated heterocycles. The molecule has 2 aliphatic rings. The van der Waals surface area contributed by atoms with Crippen LogP contribution < -0.4 is 17.2 Å². The SMILES string of the molecule is CC[C@H](CC1CC[C@H](C(C)C)[C@@]1(C)C(CC(C)[C@]1(C)CC[C@H](OCCCN)CC1)OCCCN)OCCCN. The Morgan fingerprint density at radius 2 is 1.38 bits per heavy atom. The zero-order valence-corrected chi connectivity index (χ0v) is 26.7. The largest absolute Gasteiger partial charge is 0.378 e. The van der Waals surface area contributed by atoms with Crippen molar-refractivity contribution in [2.75, 3.05) is 39.5 Å². The smallest absolute Gasteiger partial charge is 0.0636 e. The Kier molecular flexibility index (Phi) is 15.8. The predicted octanol–water partition coefficient (Wildman–Crippen LogP) is 6.28. The zero-order valence-electron chi connectivity index (χ0n) is 26.7. The van der Waals surface area contributed by atoms with Gasteiger partial charge in [-0.2, -0.15) is 0 Å². The Morgan fingerprint density at radius 3 is 1.95 bits per heavy atom. The van der Waals surface area contributed by atoms with Crippen LogP contribution in [0.2, 0.25) is 0 Å². The van der Waals surface area contributed by atoms with Crippen LogP contribution in [0.25, 0.3) is 0 Å². The molecule has 0 heterocycles. The van der Waals surface area contributed by atoms with Crippen LogP contribution in [0.5, 0.6) is 0 Å². The number of hydrogen-bond donors (Lipinski definition) is 3. The average molecular weight is 554 g/mol. The quantitative estimate of drug-likeness (QED) is 0.153. The Labute approximate surface area is 242 Å². The van der Waals surface area contributed by atoms with Crippen molar-refractivity contribution in [2.24, 2.45) is 51.7 Å². The van der Waals surface area contributed by atoms with Gasteiger partial charge < -0.3 is 31.4 Å². The van der Waals surface area contributed by atoms with Crippen molar-refractivity contribution in [1.29, 1.82) is 0 Å². The molecule has 6 heteroatoms. The van der Waals surface area contributed by atoms with Gasteiger partial charge in [0.15, 0.2) is 0 Å². The van der Waals surface area contributed by atoms with E-state index in [1.165, 1.54) is 25.7 Å². The van der Waals surface area contributed by atoms with E-state index in [4.69, 9.17) is 31.4 Å². The lowest BCUT2D eigenvalue weighted by Gasteiger charge is -2.49. The molecule has 0 amide bonds. The molecule has 2 rings (SSSR count). The highest BCUT2D eigenvalue weighted by molar-refractivity contribution is 5.03. The van der Waals surface area contributed by atoms with E-state index in [9.17, 15) is 0 Å².